The smallest absolute Gasteiger partial charge is 0.387 e. The van der Waals surface area contributed by atoms with Crippen molar-refractivity contribution in [3.05, 3.63) is 39.3 Å². The van der Waals surface area contributed by atoms with E-state index in [0.717, 1.165) is 21.1 Å². The van der Waals surface area contributed by atoms with Crippen LogP contribution in [0.5, 0.6) is 11.5 Å². The van der Waals surface area contributed by atoms with Crippen LogP contribution in [0, 0.1) is 13.8 Å². The number of guanidine groups is 1. The Morgan fingerprint density at radius 3 is 2.63 bits per heavy atom. The van der Waals surface area contributed by atoms with Crippen LogP contribution in [0.15, 0.2) is 23.2 Å². The summed E-state index contributed by atoms with van der Waals surface area (Å²) in [5.41, 5.74) is 1.73. The van der Waals surface area contributed by atoms with E-state index in [-0.39, 0.29) is 11.5 Å². The van der Waals surface area contributed by atoms with Gasteiger partial charge in [0.2, 0.25) is 0 Å². The topological polar surface area (TPSA) is 67.8 Å². The molecular formula is C18H24F2N4O2S. The lowest BCUT2D eigenvalue weighted by Crippen LogP contribution is -2.36. The fourth-order valence-corrected chi connectivity index (χ4v) is 3.30. The van der Waals surface area contributed by atoms with E-state index in [2.05, 4.69) is 25.3 Å². The largest absolute Gasteiger partial charge is 0.493 e. The number of halogens is 2. The molecule has 2 aromatic rings. The number of aromatic nitrogens is 1. The number of alkyl halides is 2. The summed E-state index contributed by atoms with van der Waals surface area (Å²) in [7, 11) is 1.40. The van der Waals surface area contributed by atoms with Gasteiger partial charge in [0.25, 0.3) is 0 Å². The maximum absolute atomic E-state index is 12.5. The molecule has 6 nitrogen and oxygen atoms in total. The second-order valence-electron chi connectivity index (χ2n) is 5.65. The number of aliphatic imine (C=N–C) groups is 1. The molecule has 2 rings (SSSR count). The first-order valence-corrected chi connectivity index (χ1v) is 9.31. The van der Waals surface area contributed by atoms with Crippen molar-refractivity contribution in [1.82, 2.24) is 15.6 Å². The van der Waals surface area contributed by atoms with Crippen molar-refractivity contribution in [2.24, 2.45) is 4.99 Å². The molecule has 9 heteroatoms. The van der Waals surface area contributed by atoms with Crippen LogP contribution in [-0.4, -0.2) is 31.2 Å². The van der Waals surface area contributed by atoms with Crippen LogP contribution < -0.4 is 20.1 Å². The predicted octanol–water partition coefficient (Wildman–Crippen LogP) is 3.63. The third-order valence-electron chi connectivity index (χ3n) is 3.62. The van der Waals surface area contributed by atoms with E-state index in [1.807, 2.05) is 20.8 Å². The zero-order valence-electron chi connectivity index (χ0n) is 15.8. The number of hydrogen-bond donors (Lipinski definition) is 2. The van der Waals surface area contributed by atoms with Crippen molar-refractivity contribution in [3.8, 4) is 11.5 Å². The fraction of sp³-hybridized carbons (Fsp3) is 0.444. The molecule has 0 unspecified atom stereocenters. The van der Waals surface area contributed by atoms with E-state index >= 15 is 0 Å². The molecule has 0 saturated heterocycles. The molecule has 2 N–H and O–H groups in total. The molecular weight excluding hydrogens is 374 g/mol. The van der Waals surface area contributed by atoms with Crippen LogP contribution >= 0.6 is 11.3 Å². The van der Waals surface area contributed by atoms with Gasteiger partial charge in [-0.3, -0.25) is 0 Å². The fourth-order valence-electron chi connectivity index (χ4n) is 2.42. The molecule has 1 aromatic heterocycles. The van der Waals surface area contributed by atoms with Crippen LogP contribution in [0.1, 0.15) is 28.1 Å². The van der Waals surface area contributed by atoms with Crippen molar-refractivity contribution < 1.29 is 18.3 Å². The Morgan fingerprint density at radius 2 is 2.04 bits per heavy atom. The van der Waals surface area contributed by atoms with Crippen molar-refractivity contribution >= 4 is 17.3 Å². The average molecular weight is 398 g/mol. The number of rotatable bonds is 8. The van der Waals surface area contributed by atoms with E-state index in [0.29, 0.717) is 25.6 Å². The number of benzene rings is 1. The normalized spacial score (nSPS) is 11.6. The minimum absolute atomic E-state index is 0.00563. The van der Waals surface area contributed by atoms with Crippen molar-refractivity contribution in [2.45, 2.75) is 40.5 Å². The third kappa shape index (κ3) is 6.35. The molecule has 0 atom stereocenters. The van der Waals surface area contributed by atoms with Gasteiger partial charge in [-0.2, -0.15) is 8.78 Å². The minimum Gasteiger partial charge on any atom is -0.493 e. The van der Waals surface area contributed by atoms with Gasteiger partial charge in [-0.15, -0.1) is 11.3 Å². The van der Waals surface area contributed by atoms with Gasteiger partial charge in [-0.05, 0) is 38.5 Å². The quantitative estimate of drug-likeness (QED) is 0.525. The highest BCUT2D eigenvalue weighted by atomic mass is 32.1. The average Bonchev–Trinajstić information content (AvgIpc) is 2.94. The Hall–Kier alpha value is -2.42. The molecule has 0 radical (unpaired) electrons. The van der Waals surface area contributed by atoms with E-state index in [4.69, 9.17) is 4.74 Å². The number of ether oxygens (including phenoxy) is 2. The molecule has 0 fully saturated rings. The first-order chi connectivity index (χ1) is 12.9. The standard InChI is InChI=1S/C18H24F2N4O2S/c1-5-21-18(23-10-16-11(2)24-12(3)27-16)22-9-13-6-7-14(25-4)15(8-13)26-17(19)20/h6-8,17H,5,9-10H2,1-4H3,(H2,21,22,23). The van der Waals surface area contributed by atoms with E-state index < -0.39 is 6.61 Å². The highest BCUT2D eigenvalue weighted by molar-refractivity contribution is 7.11. The Morgan fingerprint density at radius 1 is 1.26 bits per heavy atom. The molecule has 0 amide bonds. The Bertz CT molecular complexity index is 781. The van der Waals surface area contributed by atoms with E-state index in [1.54, 1.807) is 23.5 Å². The van der Waals surface area contributed by atoms with Crippen LogP contribution in [0.4, 0.5) is 8.78 Å². The van der Waals surface area contributed by atoms with Gasteiger partial charge in [0, 0.05) is 11.4 Å². The Balaban J connectivity index is 2.08. The minimum atomic E-state index is -2.91. The summed E-state index contributed by atoms with van der Waals surface area (Å²) in [5.74, 6) is 0.883. The van der Waals surface area contributed by atoms with Crippen LogP contribution in [0.25, 0.3) is 0 Å². The van der Waals surface area contributed by atoms with Crippen LogP contribution in [0.3, 0.4) is 0 Å². The summed E-state index contributed by atoms with van der Waals surface area (Å²) in [6, 6.07) is 4.86. The zero-order chi connectivity index (χ0) is 19.8. The molecule has 1 aromatic carbocycles. The summed E-state index contributed by atoms with van der Waals surface area (Å²) < 4.78 is 34.6. The maximum Gasteiger partial charge on any atom is 0.387 e. The monoisotopic (exact) mass is 398 g/mol. The van der Waals surface area contributed by atoms with E-state index in [9.17, 15) is 8.78 Å². The summed E-state index contributed by atoms with van der Waals surface area (Å²) >= 11 is 1.64. The molecule has 27 heavy (non-hydrogen) atoms. The lowest BCUT2D eigenvalue weighted by atomic mass is 10.2. The van der Waals surface area contributed by atoms with Crippen LogP contribution in [-0.2, 0) is 13.1 Å². The zero-order valence-corrected chi connectivity index (χ0v) is 16.6. The maximum atomic E-state index is 12.5. The van der Waals surface area contributed by atoms with Crippen molar-refractivity contribution in [2.75, 3.05) is 13.7 Å². The summed E-state index contributed by atoms with van der Waals surface area (Å²) in [6.07, 6.45) is 0. The van der Waals surface area contributed by atoms with Crippen molar-refractivity contribution in [1.29, 1.82) is 0 Å². The molecule has 1 heterocycles. The summed E-state index contributed by atoms with van der Waals surface area (Å²) in [6.45, 7) is 4.64. The Kier molecular flexibility index (Phi) is 7.78. The second kappa shape index (κ2) is 10.1. The number of aryl methyl sites for hydroxylation is 2. The lowest BCUT2D eigenvalue weighted by molar-refractivity contribution is -0.0512. The van der Waals surface area contributed by atoms with Gasteiger partial charge in [0.05, 0.1) is 30.9 Å². The first kappa shape index (κ1) is 20.9. The number of hydrogen-bond acceptors (Lipinski definition) is 5. The number of nitrogens with one attached hydrogen (secondary N) is 2. The molecule has 148 valence electrons. The van der Waals surface area contributed by atoms with Gasteiger partial charge in [-0.25, -0.2) is 9.98 Å². The highest BCUT2D eigenvalue weighted by Gasteiger charge is 2.11. The molecule has 0 saturated carbocycles. The SMILES string of the molecule is CCNC(=NCc1ccc(OC)c(OC(F)F)c1)NCc1sc(C)nc1C. The summed E-state index contributed by atoms with van der Waals surface area (Å²) in [4.78, 5) is 10.1. The predicted molar refractivity (Wildman–Crippen MR) is 103 cm³/mol. The number of nitrogens with zero attached hydrogens (tertiary/aromatic N) is 2. The molecule has 0 aliphatic heterocycles. The first-order valence-electron chi connectivity index (χ1n) is 8.49. The summed E-state index contributed by atoms with van der Waals surface area (Å²) in [5, 5.41) is 7.45. The third-order valence-corrected chi connectivity index (χ3v) is 4.70. The van der Waals surface area contributed by atoms with Gasteiger partial charge in [0.15, 0.2) is 17.5 Å². The van der Waals surface area contributed by atoms with Gasteiger partial charge in [0.1, 0.15) is 0 Å². The van der Waals surface area contributed by atoms with E-state index in [1.165, 1.54) is 13.2 Å². The lowest BCUT2D eigenvalue weighted by Gasteiger charge is -2.12. The molecule has 0 aliphatic rings. The molecule has 0 aliphatic carbocycles. The van der Waals surface area contributed by atoms with Crippen LogP contribution in [0.2, 0.25) is 0 Å². The molecule has 0 bridgehead atoms. The van der Waals surface area contributed by atoms with Gasteiger partial charge < -0.3 is 20.1 Å². The highest BCUT2D eigenvalue weighted by Crippen LogP contribution is 2.29. The number of thiazole rings is 1. The Labute approximate surface area is 161 Å². The number of methoxy groups -OCH3 is 1. The van der Waals surface area contributed by atoms with Gasteiger partial charge >= 0.3 is 6.61 Å². The van der Waals surface area contributed by atoms with Crippen molar-refractivity contribution in [3.63, 3.8) is 0 Å². The molecule has 0 spiro atoms. The second-order valence-corrected chi connectivity index (χ2v) is 6.94. The van der Waals surface area contributed by atoms with Gasteiger partial charge in [-0.1, -0.05) is 6.07 Å².